The van der Waals surface area contributed by atoms with Gasteiger partial charge in [0.15, 0.2) is 15.8 Å². The maximum atomic E-state index is 11.4. The number of nitrogens with one attached hydrogen (secondary N) is 2. The molecule has 0 bridgehead atoms. The summed E-state index contributed by atoms with van der Waals surface area (Å²) in [4.78, 5) is 6.42. The van der Waals surface area contributed by atoms with Crippen molar-refractivity contribution in [2.75, 3.05) is 44.7 Å². The summed E-state index contributed by atoms with van der Waals surface area (Å²) in [5.74, 6) is 2.11. The Morgan fingerprint density at radius 3 is 2.30 bits per heavy atom. The van der Waals surface area contributed by atoms with Crippen LogP contribution >= 0.6 is 24.0 Å². The van der Waals surface area contributed by atoms with E-state index in [0.29, 0.717) is 19.1 Å². The van der Waals surface area contributed by atoms with E-state index in [1.165, 1.54) is 6.42 Å². The van der Waals surface area contributed by atoms with Crippen LogP contribution in [-0.2, 0) is 9.84 Å². The van der Waals surface area contributed by atoms with Crippen molar-refractivity contribution in [3.8, 4) is 0 Å². The van der Waals surface area contributed by atoms with Crippen molar-refractivity contribution in [1.29, 1.82) is 0 Å². The molecule has 1 rings (SSSR count). The van der Waals surface area contributed by atoms with Crippen molar-refractivity contribution in [3.05, 3.63) is 0 Å². The van der Waals surface area contributed by atoms with Crippen molar-refractivity contribution in [1.82, 2.24) is 15.5 Å². The minimum atomic E-state index is -2.79. The van der Waals surface area contributed by atoms with Gasteiger partial charge in [0.2, 0.25) is 0 Å². The average Bonchev–Trinajstić information content (AvgIpc) is 2.45. The topological polar surface area (TPSA) is 73.8 Å². The van der Waals surface area contributed by atoms with Crippen LogP contribution in [0, 0.1) is 5.92 Å². The molecular formula is C15H33IN4O2S. The van der Waals surface area contributed by atoms with Gasteiger partial charge < -0.3 is 10.6 Å². The second kappa shape index (κ2) is 11.5. The number of aliphatic imine (C=N–C) groups is 1. The van der Waals surface area contributed by atoms with Crippen LogP contribution in [0.3, 0.4) is 0 Å². The average molecular weight is 460 g/mol. The van der Waals surface area contributed by atoms with E-state index in [1.807, 2.05) is 0 Å². The lowest BCUT2D eigenvalue weighted by Crippen LogP contribution is -2.47. The largest absolute Gasteiger partial charge is 0.355 e. The van der Waals surface area contributed by atoms with Gasteiger partial charge in [-0.25, -0.2) is 8.42 Å². The molecule has 0 saturated carbocycles. The number of rotatable bonds is 7. The first-order valence-corrected chi connectivity index (χ1v) is 10.0. The molecule has 1 aliphatic heterocycles. The molecule has 8 heteroatoms. The molecule has 2 N–H and O–H groups in total. The van der Waals surface area contributed by atoms with E-state index in [4.69, 9.17) is 0 Å². The maximum absolute atomic E-state index is 11.4. The fourth-order valence-electron chi connectivity index (χ4n) is 2.39. The molecule has 0 amide bonds. The van der Waals surface area contributed by atoms with Crippen molar-refractivity contribution >= 4 is 39.8 Å². The molecule has 1 heterocycles. The summed E-state index contributed by atoms with van der Waals surface area (Å²) in [6.07, 6.45) is 2.33. The predicted octanol–water partition coefficient (Wildman–Crippen LogP) is 1.32. The first kappa shape index (κ1) is 22.9. The normalized spacial score (nSPS) is 20.0. The van der Waals surface area contributed by atoms with E-state index in [0.717, 1.165) is 31.4 Å². The van der Waals surface area contributed by atoms with Gasteiger partial charge in [0, 0.05) is 39.3 Å². The second-order valence-corrected chi connectivity index (χ2v) is 8.81. The van der Waals surface area contributed by atoms with Crippen LogP contribution in [0.4, 0.5) is 0 Å². The molecule has 1 atom stereocenters. The van der Waals surface area contributed by atoms with Crippen LogP contribution in [0.15, 0.2) is 4.99 Å². The number of halogens is 1. The summed E-state index contributed by atoms with van der Waals surface area (Å²) < 4.78 is 22.8. The molecule has 0 aromatic heterocycles. The van der Waals surface area contributed by atoms with Gasteiger partial charge in [-0.1, -0.05) is 13.8 Å². The lowest BCUT2D eigenvalue weighted by Gasteiger charge is -2.27. The monoisotopic (exact) mass is 460 g/mol. The van der Waals surface area contributed by atoms with Gasteiger partial charge in [0.1, 0.15) is 0 Å². The summed E-state index contributed by atoms with van der Waals surface area (Å²) >= 11 is 0. The van der Waals surface area contributed by atoms with E-state index >= 15 is 0 Å². The van der Waals surface area contributed by atoms with E-state index in [1.54, 1.807) is 7.05 Å². The lowest BCUT2D eigenvalue weighted by molar-refractivity contribution is 0.299. The highest BCUT2D eigenvalue weighted by molar-refractivity contribution is 14.0. The molecular weight excluding hydrogens is 427 g/mol. The first-order chi connectivity index (χ1) is 10.3. The van der Waals surface area contributed by atoms with Crippen LogP contribution < -0.4 is 10.6 Å². The molecule has 1 fully saturated rings. The molecule has 0 aromatic carbocycles. The maximum Gasteiger partial charge on any atom is 0.191 e. The third-order valence-electron chi connectivity index (χ3n) is 3.94. The summed E-state index contributed by atoms with van der Waals surface area (Å²) in [5, 5.41) is 6.70. The molecule has 6 nitrogen and oxygen atoms in total. The van der Waals surface area contributed by atoms with E-state index in [9.17, 15) is 8.42 Å². The van der Waals surface area contributed by atoms with Gasteiger partial charge >= 0.3 is 0 Å². The molecule has 138 valence electrons. The van der Waals surface area contributed by atoms with Crippen LogP contribution in [0.2, 0.25) is 0 Å². The molecule has 1 unspecified atom stereocenters. The van der Waals surface area contributed by atoms with Gasteiger partial charge in [-0.2, -0.15) is 0 Å². The van der Waals surface area contributed by atoms with E-state index in [2.05, 4.69) is 41.3 Å². The first-order valence-electron chi connectivity index (χ1n) is 8.22. The number of hydrogen-bond acceptors (Lipinski definition) is 4. The van der Waals surface area contributed by atoms with E-state index in [-0.39, 0.29) is 35.5 Å². The van der Waals surface area contributed by atoms with Crippen molar-refractivity contribution < 1.29 is 8.42 Å². The fraction of sp³-hybridized carbons (Fsp3) is 0.933. The van der Waals surface area contributed by atoms with Gasteiger partial charge in [-0.15, -0.1) is 24.0 Å². The van der Waals surface area contributed by atoms with Crippen molar-refractivity contribution in [3.63, 3.8) is 0 Å². The Labute approximate surface area is 158 Å². The SMILES string of the molecule is CN=C(NCCN1CCS(=O)(=O)CC1)NC(C)CCC(C)C.I. The highest BCUT2D eigenvalue weighted by Crippen LogP contribution is 2.06. The highest BCUT2D eigenvalue weighted by Gasteiger charge is 2.20. The Kier molecular flexibility index (Phi) is 11.4. The minimum Gasteiger partial charge on any atom is -0.355 e. The zero-order valence-corrected chi connectivity index (χ0v) is 18.0. The molecule has 1 aliphatic rings. The van der Waals surface area contributed by atoms with Crippen molar-refractivity contribution in [2.24, 2.45) is 10.9 Å². The Balaban J connectivity index is 0.00000484. The minimum absolute atomic E-state index is 0. The Bertz CT molecular complexity index is 440. The fourth-order valence-corrected chi connectivity index (χ4v) is 3.67. The predicted molar refractivity (Wildman–Crippen MR) is 109 cm³/mol. The molecule has 0 aromatic rings. The number of hydrogen-bond donors (Lipinski definition) is 2. The van der Waals surface area contributed by atoms with Crippen LogP contribution in [0.5, 0.6) is 0 Å². The van der Waals surface area contributed by atoms with Crippen LogP contribution in [-0.4, -0.2) is 70.1 Å². The molecule has 0 spiro atoms. The van der Waals surface area contributed by atoms with Crippen LogP contribution in [0.1, 0.15) is 33.6 Å². The van der Waals surface area contributed by atoms with Crippen LogP contribution in [0.25, 0.3) is 0 Å². The zero-order valence-electron chi connectivity index (χ0n) is 14.8. The van der Waals surface area contributed by atoms with Gasteiger partial charge in [-0.05, 0) is 25.7 Å². The highest BCUT2D eigenvalue weighted by atomic mass is 127. The summed E-state index contributed by atoms with van der Waals surface area (Å²) in [5.41, 5.74) is 0. The quantitative estimate of drug-likeness (QED) is 0.341. The molecule has 0 aliphatic carbocycles. The smallest absolute Gasteiger partial charge is 0.191 e. The van der Waals surface area contributed by atoms with Gasteiger partial charge in [0.25, 0.3) is 0 Å². The number of nitrogens with zero attached hydrogens (tertiary/aromatic N) is 2. The summed E-state index contributed by atoms with van der Waals surface area (Å²) in [6, 6.07) is 0.397. The zero-order chi connectivity index (χ0) is 16.6. The third-order valence-corrected chi connectivity index (χ3v) is 5.55. The summed E-state index contributed by atoms with van der Waals surface area (Å²) in [7, 11) is -1.01. The standard InChI is InChI=1S/C15H32N4O2S.HI/c1-13(2)5-6-14(3)18-15(16-4)17-7-8-19-9-11-22(20,21)12-10-19;/h13-14H,5-12H2,1-4H3,(H2,16,17,18);1H. The van der Waals surface area contributed by atoms with Gasteiger partial charge in [0.05, 0.1) is 11.5 Å². The van der Waals surface area contributed by atoms with E-state index < -0.39 is 9.84 Å². The molecule has 23 heavy (non-hydrogen) atoms. The Morgan fingerprint density at radius 2 is 1.78 bits per heavy atom. The Morgan fingerprint density at radius 1 is 1.17 bits per heavy atom. The van der Waals surface area contributed by atoms with Crippen molar-refractivity contribution in [2.45, 2.75) is 39.7 Å². The second-order valence-electron chi connectivity index (χ2n) is 6.51. The van der Waals surface area contributed by atoms with Gasteiger partial charge in [-0.3, -0.25) is 9.89 Å². The summed E-state index contributed by atoms with van der Waals surface area (Å²) in [6.45, 7) is 9.54. The lowest BCUT2D eigenvalue weighted by atomic mass is 10.0. The Hall–Kier alpha value is -0.0900. The molecule has 0 radical (unpaired) electrons. The number of sulfone groups is 1. The molecule has 1 saturated heterocycles. The number of guanidine groups is 1. The third kappa shape index (κ3) is 10.4.